The highest BCUT2D eigenvalue weighted by Gasteiger charge is 2.47. The van der Waals surface area contributed by atoms with Gasteiger partial charge in [-0.2, -0.15) is 0 Å². The van der Waals surface area contributed by atoms with Crippen LogP contribution in [-0.2, 0) is 41.7 Å². The van der Waals surface area contributed by atoms with E-state index in [0.29, 0.717) is 26.4 Å². The molecule has 0 unspecified atom stereocenters. The molecule has 1 aromatic rings. The zero-order valence-corrected chi connectivity index (χ0v) is 18.3. The van der Waals surface area contributed by atoms with Crippen LogP contribution in [0.15, 0.2) is 18.2 Å². The van der Waals surface area contributed by atoms with Crippen LogP contribution in [0.1, 0.15) is 38.7 Å². The molecule has 0 bridgehead atoms. The normalized spacial score (nSPS) is 12.7. The quantitative estimate of drug-likeness (QED) is 0.484. The summed E-state index contributed by atoms with van der Waals surface area (Å²) in [5, 5.41) is 20.0. The largest absolute Gasteiger partial charge is 0.507 e. The molecule has 10 heteroatoms. The maximum Gasteiger partial charge on any atom is 0.206 e. The lowest BCUT2D eigenvalue weighted by molar-refractivity contribution is 0.244. The van der Waals surface area contributed by atoms with Crippen LogP contribution in [0, 0.1) is 0 Å². The van der Waals surface area contributed by atoms with Crippen LogP contribution in [0.25, 0.3) is 0 Å². The Hall–Kier alpha value is -0.0400. The summed E-state index contributed by atoms with van der Waals surface area (Å²) >= 11 is 11.5. The van der Waals surface area contributed by atoms with Crippen molar-refractivity contribution in [1.82, 2.24) is 0 Å². The zero-order chi connectivity index (χ0) is 19.1. The van der Waals surface area contributed by atoms with Crippen molar-refractivity contribution in [2.45, 2.75) is 33.1 Å². The minimum absolute atomic E-state index is 0.146. The average Bonchev–Trinajstić information content (AvgIpc) is 2.51. The van der Waals surface area contributed by atoms with Gasteiger partial charge in [0.05, 0.1) is 32.0 Å². The zero-order valence-electron chi connectivity index (χ0n) is 14.9. The van der Waals surface area contributed by atoms with E-state index in [-0.39, 0.29) is 17.1 Å². The summed E-state index contributed by atoms with van der Waals surface area (Å²) in [6.45, 7) is 2.24. The molecule has 0 amide bonds. The molecule has 0 saturated heterocycles. The van der Waals surface area contributed by atoms with Crippen LogP contribution in [-0.4, -0.2) is 36.6 Å². The highest BCUT2D eigenvalue weighted by atomic mass is 32.5. The number of hydrogen-bond donors (Lipinski definition) is 2. The van der Waals surface area contributed by atoms with Gasteiger partial charge in [0.15, 0.2) is 0 Å². The molecule has 0 aliphatic heterocycles. The Kier molecular flexibility index (Phi) is 9.51. The van der Waals surface area contributed by atoms with Crippen molar-refractivity contribution in [3.8, 4) is 11.5 Å². The standard InChI is InChI=1S/C15H26O6P2S2/c1-5-18-22(24,19-6-2)15(23(25,20-7-3)21-8-4)14-12(16)10-9-11-13(14)17/h9-11,15-17H,5-8H2,1-4H3. The van der Waals surface area contributed by atoms with Gasteiger partial charge in [0.2, 0.25) is 13.0 Å². The smallest absolute Gasteiger partial charge is 0.206 e. The van der Waals surface area contributed by atoms with Crippen molar-refractivity contribution in [1.29, 1.82) is 0 Å². The number of phenols is 2. The second-order valence-electron chi connectivity index (χ2n) is 4.83. The first-order valence-corrected chi connectivity index (χ1v) is 13.5. The van der Waals surface area contributed by atoms with E-state index in [0.717, 1.165) is 0 Å². The van der Waals surface area contributed by atoms with Gasteiger partial charge < -0.3 is 28.3 Å². The van der Waals surface area contributed by atoms with Crippen LogP contribution in [0.3, 0.4) is 0 Å². The lowest BCUT2D eigenvalue weighted by atomic mass is 10.2. The topological polar surface area (TPSA) is 77.4 Å². The van der Waals surface area contributed by atoms with Crippen molar-refractivity contribution in [2.75, 3.05) is 26.4 Å². The Morgan fingerprint density at radius 3 is 1.40 bits per heavy atom. The fourth-order valence-electron chi connectivity index (χ4n) is 2.37. The molecule has 0 heterocycles. The van der Waals surface area contributed by atoms with Crippen LogP contribution < -0.4 is 0 Å². The van der Waals surface area contributed by atoms with E-state index < -0.39 is 18.4 Å². The van der Waals surface area contributed by atoms with E-state index in [1.165, 1.54) is 18.2 Å². The van der Waals surface area contributed by atoms with Gasteiger partial charge in [0.25, 0.3) is 0 Å². The van der Waals surface area contributed by atoms with Crippen LogP contribution in [0.5, 0.6) is 11.5 Å². The molecule has 0 fully saturated rings. The van der Waals surface area contributed by atoms with Gasteiger partial charge >= 0.3 is 0 Å². The minimum atomic E-state index is -3.08. The molecule has 0 aliphatic carbocycles. The molecule has 0 atom stereocenters. The predicted molar refractivity (Wildman–Crippen MR) is 108 cm³/mol. The average molecular weight is 428 g/mol. The Morgan fingerprint density at radius 1 is 0.800 bits per heavy atom. The number of rotatable bonds is 11. The first-order valence-electron chi connectivity index (χ1n) is 8.07. The minimum Gasteiger partial charge on any atom is -0.507 e. The lowest BCUT2D eigenvalue weighted by Gasteiger charge is -2.37. The van der Waals surface area contributed by atoms with E-state index >= 15 is 0 Å². The second kappa shape index (κ2) is 10.3. The summed E-state index contributed by atoms with van der Waals surface area (Å²) in [6.07, 6.45) is 0. The molecule has 0 spiro atoms. The van der Waals surface area contributed by atoms with E-state index in [1.54, 1.807) is 27.7 Å². The van der Waals surface area contributed by atoms with Crippen molar-refractivity contribution in [2.24, 2.45) is 0 Å². The van der Waals surface area contributed by atoms with Gasteiger partial charge in [-0.1, -0.05) is 6.07 Å². The van der Waals surface area contributed by atoms with Gasteiger partial charge in [-0.25, -0.2) is 0 Å². The summed E-state index contributed by atoms with van der Waals surface area (Å²) in [7, 11) is 0. The summed E-state index contributed by atoms with van der Waals surface area (Å²) < 4.78 is 23.3. The monoisotopic (exact) mass is 428 g/mol. The van der Waals surface area contributed by atoms with E-state index in [9.17, 15) is 10.2 Å². The van der Waals surface area contributed by atoms with Crippen LogP contribution in [0.4, 0.5) is 0 Å². The lowest BCUT2D eigenvalue weighted by Crippen LogP contribution is -2.12. The van der Waals surface area contributed by atoms with E-state index in [2.05, 4.69) is 0 Å². The Morgan fingerprint density at radius 2 is 1.12 bits per heavy atom. The fraction of sp³-hybridized carbons (Fsp3) is 0.600. The first kappa shape index (κ1) is 23.0. The van der Waals surface area contributed by atoms with Crippen molar-refractivity contribution >= 4 is 36.6 Å². The van der Waals surface area contributed by atoms with Gasteiger partial charge in [0, 0.05) is 0 Å². The molecule has 144 valence electrons. The predicted octanol–water partition coefficient (Wildman–Crippen LogP) is 4.86. The van der Waals surface area contributed by atoms with Gasteiger partial charge in [-0.05, 0) is 63.4 Å². The molecule has 0 aromatic heterocycles. The molecular formula is C15H26O6P2S2. The highest BCUT2D eigenvalue weighted by Crippen LogP contribution is 2.80. The Labute approximate surface area is 159 Å². The van der Waals surface area contributed by atoms with E-state index in [1.807, 2.05) is 0 Å². The summed E-state index contributed by atoms with van der Waals surface area (Å²) in [4.78, 5) is 0. The third-order valence-corrected chi connectivity index (χ3v) is 12.6. The van der Waals surface area contributed by atoms with Crippen LogP contribution in [0.2, 0.25) is 0 Å². The van der Waals surface area contributed by atoms with Gasteiger partial charge in [-0.15, -0.1) is 0 Å². The maximum atomic E-state index is 10.4. The van der Waals surface area contributed by atoms with Gasteiger partial charge in [-0.3, -0.25) is 0 Å². The van der Waals surface area contributed by atoms with E-state index in [4.69, 9.17) is 41.7 Å². The number of aromatic hydroxyl groups is 2. The third kappa shape index (κ3) is 5.47. The van der Waals surface area contributed by atoms with Crippen molar-refractivity contribution < 1.29 is 28.3 Å². The number of hydrogen-bond acceptors (Lipinski definition) is 8. The van der Waals surface area contributed by atoms with Crippen molar-refractivity contribution in [3.63, 3.8) is 0 Å². The molecular weight excluding hydrogens is 402 g/mol. The molecule has 1 rings (SSSR count). The number of phenolic OH excluding ortho intramolecular Hbond substituents is 2. The Bertz CT molecular complexity index is 585. The molecule has 1 aromatic carbocycles. The summed E-state index contributed by atoms with van der Waals surface area (Å²) in [5.74, 6) is -0.292. The van der Waals surface area contributed by atoms with Gasteiger partial charge in [0.1, 0.15) is 16.9 Å². The second-order valence-corrected chi connectivity index (χ2v) is 12.5. The maximum absolute atomic E-state index is 10.4. The fourth-order valence-corrected chi connectivity index (χ4v) is 12.5. The third-order valence-electron chi connectivity index (χ3n) is 3.15. The molecule has 2 N–H and O–H groups in total. The molecule has 0 radical (unpaired) electrons. The molecule has 0 saturated carbocycles. The summed E-state index contributed by atoms with van der Waals surface area (Å²) in [6, 6.07) is 4.44. The van der Waals surface area contributed by atoms with Crippen LogP contribution >= 0.6 is 13.0 Å². The number of benzene rings is 1. The van der Waals surface area contributed by atoms with Crippen molar-refractivity contribution in [3.05, 3.63) is 23.8 Å². The SMILES string of the molecule is CCOP(=S)(OCC)C(c1c(O)cccc1O)P(=S)(OCC)OCC. The molecule has 6 nitrogen and oxygen atoms in total. The Balaban J connectivity index is 3.72. The highest BCUT2D eigenvalue weighted by molar-refractivity contribution is 8.19. The molecule has 25 heavy (non-hydrogen) atoms. The first-order chi connectivity index (χ1) is 11.8. The summed E-state index contributed by atoms with van der Waals surface area (Å²) in [5.41, 5.74) is 0.165. The molecule has 0 aliphatic rings.